The molecule has 9 heteroatoms. The highest BCUT2D eigenvalue weighted by Crippen LogP contribution is 2.36. The zero-order valence-electron chi connectivity index (χ0n) is 16.1. The number of hydrogen-bond donors (Lipinski definition) is 0. The van der Waals surface area contributed by atoms with E-state index < -0.39 is 8.07 Å². The molecule has 2 fully saturated rings. The fourth-order valence-corrected chi connectivity index (χ4v) is 5.34. The van der Waals surface area contributed by atoms with Crippen LogP contribution in [0, 0.1) is 3.70 Å². The van der Waals surface area contributed by atoms with E-state index in [0.717, 1.165) is 46.6 Å². The lowest BCUT2D eigenvalue weighted by atomic mass is 10.0. The van der Waals surface area contributed by atoms with Crippen molar-refractivity contribution in [2.24, 2.45) is 0 Å². The third-order valence-electron chi connectivity index (χ3n) is 5.48. The van der Waals surface area contributed by atoms with Crippen LogP contribution in [-0.4, -0.2) is 52.3 Å². The van der Waals surface area contributed by atoms with Crippen molar-refractivity contribution in [3.05, 3.63) is 9.90 Å². The van der Waals surface area contributed by atoms with Gasteiger partial charge in [-0.2, -0.15) is 5.10 Å². The minimum absolute atomic E-state index is 0.0428. The van der Waals surface area contributed by atoms with Gasteiger partial charge in [0.15, 0.2) is 5.78 Å². The molecule has 27 heavy (non-hydrogen) atoms. The monoisotopic (exact) mass is 499 g/mol. The fourth-order valence-electron chi connectivity index (χ4n) is 3.93. The molecular formula is C18H26IN5O2Si. The second-order valence-corrected chi connectivity index (χ2v) is 15.3. The van der Waals surface area contributed by atoms with Crippen LogP contribution in [0.5, 0.6) is 0 Å². The van der Waals surface area contributed by atoms with Gasteiger partial charge < -0.3 is 9.64 Å². The molecular weight excluding hydrogens is 473 g/mol. The number of fused-ring (bicyclic) bond motifs is 3. The Morgan fingerprint density at radius 1 is 1.30 bits per heavy atom. The first-order valence-electron chi connectivity index (χ1n) is 9.61. The molecule has 2 aliphatic heterocycles. The smallest absolute Gasteiger partial charge is 0.226 e. The van der Waals surface area contributed by atoms with Crippen molar-refractivity contribution in [2.45, 2.75) is 70.2 Å². The number of ketones is 1. The minimum atomic E-state index is -1.10. The van der Waals surface area contributed by atoms with Gasteiger partial charge in [-0.3, -0.25) is 4.79 Å². The molecule has 0 aliphatic carbocycles. The molecule has 0 aromatic carbocycles. The number of aromatic nitrogens is 4. The van der Waals surface area contributed by atoms with Crippen molar-refractivity contribution >= 4 is 53.4 Å². The van der Waals surface area contributed by atoms with E-state index in [1.807, 2.05) is 10.9 Å². The quantitative estimate of drug-likeness (QED) is 0.345. The number of halogens is 1. The van der Waals surface area contributed by atoms with Gasteiger partial charge in [0.05, 0.1) is 12.2 Å². The maximum atomic E-state index is 12.3. The van der Waals surface area contributed by atoms with Gasteiger partial charge in [-0.05, 0) is 47.9 Å². The normalized spacial score (nSPS) is 22.8. The number of rotatable bonds is 6. The lowest BCUT2D eigenvalue weighted by Crippen LogP contribution is -2.46. The summed E-state index contributed by atoms with van der Waals surface area (Å²) >= 11 is 2.21. The van der Waals surface area contributed by atoms with E-state index in [4.69, 9.17) is 9.72 Å². The second-order valence-electron chi connectivity index (χ2n) is 8.70. The summed E-state index contributed by atoms with van der Waals surface area (Å²) in [5, 5.41) is 4.58. The number of hydrogen-bond acceptors (Lipinski definition) is 6. The van der Waals surface area contributed by atoms with E-state index in [1.165, 1.54) is 0 Å². The van der Waals surface area contributed by atoms with Crippen molar-refractivity contribution in [3.8, 4) is 0 Å². The summed E-state index contributed by atoms with van der Waals surface area (Å²) in [7, 11) is -1.10. The Bertz CT molecular complexity index is 865. The molecule has 2 atom stereocenters. The average molecular weight is 499 g/mol. The number of carbonyl (C=O) groups is 1. The molecule has 0 radical (unpaired) electrons. The first-order chi connectivity index (χ1) is 12.8. The van der Waals surface area contributed by atoms with Crippen molar-refractivity contribution in [3.63, 3.8) is 0 Å². The molecule has 146 valence electrons. The average Bonchev–Trinajstić information content (AvgIpc) is 3.11. The summed E-state index contributed by atoms with van der Waals surface area (Å²) in [6.45, 7) is 8.20. The number of nitrogens with zero attached hydrogens (tertiary/aromatic N) is 5. The number of piperidine rings is 1. The Hall–Kier alpha value is -1.07. The number of anilines is 1. The van der Waals surface area contributed by atoms with Gasteiger partial charge >= 0.3 is 0 Å². The molecule has 4 rings (SSSR count). The Balaban J connectivity index is 1.54. The molecule has 0 saturated carbocycles. The van der Waals surface area contributed by atoms with Crippen LogP contribution < -0.4 is 4.90 Å². The summed E-state index contributed by atoms with van der Waals surface area (Å²) in [5.41, 5.74) is 1.72. The number of carbonyl (C=O) groups excluding carboxylic acids is 1. The van der Waals surface area contributed by atoms with Crippen molar-refractivity contribution in [1.29, 1.82) is 0 Å². The molecule has 2 saturated heterocycles. The van der Waals surface area contributed by atoms with Crippen LogP contribution in [0.3, 0.4) is 0 Å². The minimum Gasteiger partial charge on any atom is -0.360 e. The third-order valence-corrected chi connectivity index (χ3v) is 7.91. The van der Waals surface area contributed by atoms with Crippen LogP contribution in [0.2, 0.25) is 25.7 Å². The Kier molecular flexibility index (Phi) is 5.27. The molecule has 0 amide bonds. The lowest BCUT2D eigenvalue weighted by Gasteiger charge is -2.33. The highest BCUT2D eigenvalue weighted by atomic mass is 127. The zero-order chi connectivity index (χ0) is 19.2. The molecule has 4 heterocycles. The Morgan fingerprint density at radius 2 is 2.11 bits per heavy atom. The standard InChI is InChI=1S/C18H26IN5O2Si/c1-27(2,3)9-8-26-11-23-14-10-20-18(21-16(14)17(19)22-23)24-12-4-6-13(24)15(25)7-5-12/h10,12-13H,4-9,11H2,1-3H3. The first kappa shape index (κ1) is 19.3. The summed E-state index contributed by atoms with van der Waals surface area (Å²) in [6.07, 6.45) is 5.41. The molecule has 2 bridgehead atoms. The SMILES string of the molecule is C[Si](C)(C)CCOCn1nc(I)c2nc(N3C4CCC(=O)C3CC4)ncc21. The third kappa shape index (κ3) is 3.90. The van der Waals surface area contributed by atoms with E-state index in [2.05, 4.69) is 57.2 Å². The van der Waals surface area contributed by atoms with Crippen molar-refractivity contribution < 1.29 is 9.53 Å². The van der Waals surface area contributed by atoms with Gasteiger partial charge in [-0.25, -0.2) is 14.6 Å². The van der Waals surface area contributed by atoms with E-state index in [0.29, 0.717) is 30.9 Å². The van der Waals surface area contributed by atoms with E-state index in [1.54, 1.807) is 0 Å². The predicted molar refractivity (Wildman–Crippen MR) is 116 cm³/mol. The number of ether oxygens (including phenoxy) is 1. The molecule has 7 nitrogen and oxygen atoms in total. The fraction of sp³-hybridized carbons (Fsp3) is 0.667. The second kappa shape index (κ2) is 7.40. The molecule has 0 spiro atoms. The molecule has 2 aliphatic rings. The van der Waals surface area contributed by atoms with E-state index in [9.17, 15) is 4.79 Å². The van der Waals surface area contributed by atoms with Crippen LogP contribution in [0.25, 0.3) is 11.0 Å². The van der Waals surface area contributed by atoms with Gasteiger partial charge in [-0.1, -0.05) is 19.6 Å². The summed E-state index contributed by atoms with van der Waals surface area (Å²) < 4.78 is 8.52. The summed E-state index contributed by atoms with van der Waals surface area (Å²) in [5.74, 6) is 0.994. The highest BCUT2D eigenvalue weighted by molar-refractivity contribution is 14.1. The highest BCUT2D eigenvalue weighted by Gasteiger charge is 2.43. The topological polar surface area (TPSA) is 73.1 Å². The lowest BCUT2D eigenvalue weighted by molar-refractivity contribution is -0.121. The number of Topliss-reactive ketones (excluding diaryl/α,β-unsaturated/α-hetero) is 1. The molecule has 2 aromatic rings. The summed E-state index contributed by atoms with van der Waals surface area (Å²) in [4.78, 5) is 23.8. The Labute approximate surface area is 174 Å². The Morgan fingerprint density at radius 3 is 2.89 bits per heavy atom. The molecule has 2 aromatic heterocycles. The van der Waals surface area contributed by atoms with Crippen LogP contribution in [-0.2, 0) is 16.3 Å². The maximum absolute atomic E-state index is 12.3. The van der Waals surface area contributed by atoms with E-state index >= 15 is 0 Å². The maximum Gasteiger partial charge on any atom is 0.226 e. The van der Waals surface area contributed by atoms with Crippen molar-refractivity contribution in [2.75, 3.05) is 11.5 Å². The van der Waals surface area contributed by atoms with Gasteiger partial charge in [0, 0.05) is 27.1 Å². The van der Waals surface area contributed by atoms with Gasteiger partial charge in [0.1, 0.15) is 21.5 Å². The predicted octanol–water partition coefficient (Wildman–Crippen LogP) is 3.44. The molecule has 2 unspecified atom stereocenters. The largest absolute Gasteiger partial charge is 0.360 e. The van der Waals surface area contributed by atoms with Crippen LogP contribution in [0.4, 0.5) is 5.95 Å². The van der Waals surface area contributed by atoms with Gasteiger partial charge in [-0.15, -0.1) is 0 Å². The van der Waals surface area contributed by atoms with E-state index in [-0.39, 0.29) is 6.04 Å². The summed E-state index contributed by atoms with van der Waals surface area (Å²) in [6, 6.07) is 1.48. The van der Waals surface area contributed by atoms with Gasteiger partial charge in [0.2, 0.25) is 5.95 Å². The first-order valence-corrected chi connectivity index (χ1v) is 14.4. The zero-order valence-corrected chi connectivity index (χ0v) is 19.3. The van der Waals surface area contributed by atoms with Crippen molar-refractivity contribution in [1.82, 2.24) is 19.7 Å². The van der Waals surface area contributed by atoms with Gasteiger partial charge in [0.25, 0.3) is 0 Å². The van der Waals surface area contributed by atoms with Crippen LogP contribution in [0.1, 0.15) is 25.7 Å². The molecule has 0 N–H and O–H groups in total. The van der Waals surface area contributed by atoms with Crippen LogP contribution in [0.15, 0.2) is 6.20 Å². The van der Waals surface area contributed by atoms with Crippen LogP contribution >= 0.6 is 22.6 Å².